The zero-order valence-corrected chi connectivity index (χ0v) is 13.8. The van der Waals surface area contributed by atoms with E-state index in [1.165, 1.54) is 11.1 Å². The smallest absolute Gasteiger partial charge is 0.137 e. The average molecular weight is 321 g/mol. The second-order valence-electron chi connectivity index (χ2n) is 6.50. The molecule has 1 aliphatic carbocycles. The first-order valence-electron chi connectivity index (χ1n) is 8.70. The molecule has 0 spiro atoms. The Balaban J connectivity index is 1.60. The number of imidazole rings is 1. The summed E-state index contributed by atoms with van der Waals surface area (Å²) in [6, 6.07) is 15.3. The third kappa shape index (κ3) is 2.95. The van der Waals surface area contributed by atoms with Crippen LogP contribution in [0.1, 0.15) is 35.7 Å². The minimum absolute atomic E-state index is 0.232. The van der Waals surface area contributed by atoms with Crippen LogP contribution in [0.3, 0.4) is 0 Å². The molecule has 0 saturated carbocycles. The Kier molecular flexibility index (Phi) is 4.32. The number of aliphatic hydroxyl groups is 1. The Morgan fingerprint density at radius 3 is 2.92 bits per heavy atom. The van der Waals surface area contributed by atoms with Crippen LogP contribution in [-0.2, 0) is 13.0 Å². The standard InChI is InChI=1S/C20H23N3O/c24-13-5-12-22(19-10-9-16-6-1-2-7-18(16)19)14-17-15-23-11-4-3-8-20(23)21-17/h1-4,6-8,11,15,19,24H,5,9-10,12-14H2. The van der Waals surface area contributed by atoms with Crippen LogP contribution in [0.5, 0.6) is 0 Å². The van der Waals surface area contributed by atoms with Crippen molar-refractivity contribution in [1.82, 2.24) is 14.3 Å². The van der Waals surface area contributed by atoms with Crippen LogP contribution in [0.15, 0.2) is 54.9 Å². The molecule has 4 nitrogen and oxygen atoms in total. The van der Waals surface area contributed by atoms with Crippen LogP contribution in [-0.4, -0.2) is 32.5 Å². The molecule has 0 amide bonds. The Morgan fingerprint density at radius 2 is 2.04 bits per heavy atom. The Morgan fingerprint density at radius 1 is 1.17 bits per heavy atom. The fourth-order valence-electron chi connectivity index (χ4n) is 3.80. The van der Waals surface area contributed by atoms with Crippen LogP contribution < -0.4 is 0 Å². The van der Waals surface area contributed by atoms with Gasteiger partial charge in [-0.2, -0.15) is 0 Å². The van der Waals surface area contributed by atoms with Gasteiger partial charge in [0, 0.05) is 38.1 Å². The van der Waals surface area contributed by atoms with Crippen LogP contribution in [0.25, 0.3) is 5.65 Å². The molecular weight excluding hydrogens is 298 g/mol. The van der Waals surface area contributed by atoms with Gasteiger partial charge in [0.25, 0.3) is 0 Å². The minimum atomic E-state index is 0.232. The second kappa shape index (κ2) is 6.75. The molecule has 2 heterocycles. The maximum absolute atomic E-state index is 9.29. The number of hydrogen-bond acceptors (Lipinski definition) is 3. The number of pyridine rings is 1. The normalized spacial score (nSPS) is 16.8. The van der Waals surface area contributed by atoms with Crippen molar-refractivity contribution in [1.29, 1.82) is 0 Å². The number of aryl methyl sites for hydroxylation is 1. The highest BCUT2D eigenvalue weighted by atomic mass is 16.3. The van der Waals surface area contributed by atoms with Gasteiger partial charge >= 0.3 is 0 Å². The van der Waals surface area contributed by atoms with Gasteiger partial charge in [0.2, 0.25) is 0 Å². The lowest BCUT2D eigenvalue weighted by atomic mass is 10.1. The van der Waals surface area contributed by atoms with E-state index in [1.54, 1.807) is 0 Å². The summed E-state index contributed by atoms with van der Waals surface area (Å²) in [6.45, 7) is 1.94. The third-order valence-electron chi connectivity index (χ3n) is 4.92. The SMILES string of the molecule is OCCCN(Cc1cn2ccccc2n1)C1CCc2ccccc21. The van der Waals surface area contributed by atoms with E-state index in [-0.39, 0.29) is 6.61 Å². The number of benzene rings is 1. The zero-order valence-electron chi connectivity index (χ0n) is 13.8. The van der Waals surface area contributed by atoms with Crippen molar-refractivity contribution >= 4 is 5.65 Å². The van der Waals surface area contributed by atoms with Crippen LogP contribution >= 0.6 is 0 Å². The number of aromatic nitrogens is 2. The quantitative estimate of drug-likeness (QED) is 0.758. The number of nitrogens with zero attached hydrogens (tertiary/aromatic N) is 3. The molecule has 0 aliphatic heterocycles. The molecule has 124 valence electrons. The molecule has 0 radical (unpaired) electrons. The molecule has 24 heavy (non-hydrogen) atoms. The average Bonchev–Trinajstić information content (AvgIpc) is 3.22. The highest BCUT2D eigenvalue weighted by Gasteiger charge is 2.27. The number of hydrogen-bond donors (Lipinski definition) is 1. The van der Waals surface area contributed by atoms with Crippen LogP contribution in [0.4, 0.5) is 0 Å². The van der Waals surface area contributed by atoms with E-state index in [9.17, 15) is 5.11 Å². The Hall–Kier alpha value is -2.17. The van der Waals surface area contributed by atoms with Gasteiger partial charge < -0.3 is 9.51 Å². The van der Waals surface area contributed by atoms with E-state index in [1.807, 2.05) is 24.4 Å². The van der Waals surface area contributed by atoms with E-state index in [0.717, 1.165) is 43.7 Å². The van der Waals surface area contributed by atoms with Crippen molar-refractivity contribution in [3.8, 4) is 0 Å². The molecule has 1 N–H and O–H groups in total. The number of fused-ring (bicyclic) bond motifs is 2. The van der Waals surface area contributed by atoms with Crippen LogP contribution in [0.2, 0.25) is 0 Å². The first-order chi connectivity index (χ1) is 11.8. The largest absolute Gasteiger partial charge is 0.396 e. The van der Waals surface area contributed by atoms with E-state index >= 15 is 0 Å². The van der Waals surface area contributed by atoms with Crippen molar-refractivity contribution in [2.45, 2.75) is 31.8 Å². The summed E-state index contributed by atoms with van der Waals surface area (Å²) in [7, 11) is 0. The molecule has 1 aromatic carbocycles. The summed E-state index contributed by atoms with van der Waals surface area (Å²) in [4.78, 5) is 7.22. The summed E-state index contributed by atoms with van der Waals surface area (Å²) in [5.41, 5.74) is 4.98. The number of aliphatic hydroxyl groups excluding tert-OH is 1. The maximum atomic E-state index is 9.29. The lowest BCUT2D eigenvalue weighted by molar-refractivity contribution is 0.164. The van der Waals surface area contributed by atoms with E-state index in [4.69, 9.17) is 4.98 Å². The highest BCUT2D eigenvalue weighted by Crippen LogP contribution is 2.36. The van der Waals surface area contributed by atoms with Gasteiger partial charge in [-0.25, -0.2) is 4.98 Å². The zero-order chi connectivity index (χ0) is 16.4. The van der Waals surface area contributed by atoms with Crippen molar-refractivity contribution in [2.75, 3.05) is 13.2 Å². The third-order valence-corrected chi connectivity index (χ3v) is 4.92. The first-order valence-corrected chi connectivity index (χ1v) is 8.70. The van der Waals surface area contributed by atoms with E-state index in [0.29, 0.717) is 6.04 Å². The summed E-state index contributed by atoms with van der Waals surface area (Å²) >= 11 is 0. The molecule has 0 fully saturated rings. The van der Waals surface area contributed by atoms with Crippen LogP contribution in [0, 0.1) is 0 Å². The molecule has 3 aromatic rings. The van der Waals surface area contributed by atoms with Gasteiger partial charge in [0.15, 0.2) is 0 Å². The van der Waals surface area contributed by atoms with Crippen molar-refractivity contribution in [3.05, 3.63) is 71.7 Å². The van der Waals surface area contributed by atoms with Crippen molar-refractivity contribution < 1.29 is 5.11 Å². The summed E-state index contributed by atoms with van der Waals surface area (Å²) in [5, 5.41) is 9.29. The van der Waals surface area contributed by atoms with Crippen molar-refractivity contribution in [3.63, 3.8) is 0 Å². The molecule has 1 unspecified atom stereocenters. The molecule has 2 aromatic heterocycles. The molecule has 4 rings (SSSR count). The topological polar surface area (TPSA) is 40.8 Å². The molecule has 1 atom stereocenters. The van der Waals surface area contributed by atoms with Crippen molar-refractivity contribution in [2.24, 2.45) is 0 Å². The van der Waals surface area contributed by atoms with Gasteiger partial charge in [-0.15, -0.1) is 0 Å². The molecule has 0 bridgehead atoms. The first kappa shape index (κ1) is 15.4. The second-order valence-corrected chi connectivity index (χ2v) is 6.50. The molecule has 1 aliphatic rings. The number of rotatable bonds is 6. The predicted molar refractivity (Wildman–Crippen MR) is 94.8 cm³/mol. The molecule has 4 heteroatoms. The Bertz CT molecular complexity index is 793. The van der Waals surface area contributed by atoms with E-state index in [2.05, 4.69) is 39.8 Å². The van der Waals surface area contributed by atoms with Gasteiger partial charge in [-0.3, -0.25) is 4.90 Å². The summed E-state index contributed by atoms with van der Waals surface area (Å²) < 4.78 is 2.07. The fourth-order valence-corrected chi connectivity index (χ4v) is 3.80. The van der Waals surface area contributed by atoms with Gasteiger partial charge in [0.05, 0.1) is 5.69 Å². The summed E-state index contributed by atoms with van der Waals surface area (Å²) in [6.07, 6.45) is 7.24. The van der Waals surface area contributed by atoms with Gasteiger partial charge in [-0.05, 0) is 42.5 Å². The summed E-state index contributed by atoms with van der Waals surface area (Å²) in [5.74, 6) is 0. The maximum Gasteiger partial charge on any atom is 0.137 e. The molecular formula is C20H23N3O. The minimum Gasteiger partial charge on any atom is -0.396 e. The predicted octanol–water partition coefficient (Wildman–Crippen LogP) is 3.21. The monoisotopic (exact) mass is 321 g/mol. The van der Waals surface area contributed by atoms with E-state index < -0.39 is 0 Å². The lowest BCUT2D eigenvalue weighted by Crippen LogP contribution is -2.29. The fraction of sp³-hybridized carbons (Fsp3) is 0.350. The molecule has 0 saturated heterocycles. The lowest BCUT2D eigenvalue weighted by Gasteiger charge is -2.28. The highest BCUT2D eigenvalue weighted by molar-refractivity contribution is 5.39. The van der Waals surface area contributed by atoms with Gasteiger partial charge in [0.1, 0.15) is 5.65 Å². The van der Waals surface area contributed by atoms with Gasteiger partial charge in [-0.1, -0.05) is 30.3 Å². The Labute approximate surface area is 142 Å².